The predicted octanol–water partition coefficient (Wildman–Crippen LogP) is 3.58. The normalized spacial score (nSPS) is 12.3. The summed E-state index contributed by atoms with van der Waals surface area (Å²) in [5.41, 5.74) is 1.66. The second-order valence-electron chi connectivity index (χ2n) is 2.94. The van der Waals surface area contributed by atoms with E-state index in [1.165, 1.54) is 0 Å². The van der Waals surface area contributed by atoms with E-state index in [-0.39, 0.29) is 0 Å². The highest BCUT2D eigenvalue weighted by atomic mass is 79.9. The summed E-state index contributed by atoms with van der Waals surface area (Å²) in [6.07, 6.45) is 0. The van der Waals surface area contributed by atoms with Crippen LogP contribution in [-0.4, -0.2) is 4.98 Å². The molecule has 0 atom stereocenters. The summed E-state index contributed by atoms with van der Waals surface area (Å²) in [6, 6.07) is 5.14. The van der Waals surface area contributed by atoms with E-state index >= 15 is 0 Å². The lowest BCUT2D eigenvalue weighted by Gasteiger charge is -1.99. The van der Waals surface area contributed by atoms with E-state index in [4.69, 9.17) is 4.42 Å². The highest BCUT2D eigenvalue weighted by molar-refractivity contribution is 9.09. The van der Waals surface area contributed by atoms with Crippen LogP contribution in [0.2, 0.25) is 0 Å². The molecule has 2 nitrogen and oxygen atoms in total. The maximum atomic E-state index is 12.8. The first-order chi connectivity index (χ1) is 6.48. The lowest BCUT2D eigenvalue weighted by atomic mass is 10.2. The number of aromatic nitrogens is 1. The first kappa shape index (κ1) is 9.58. The average Bonchev–Trinajstić information content (AvgIpc) is 2.48. The van der Waals surface area contributed by atoms with Gasteiger partial charge in [0.05, 0.1) is 0 Å². The zero-order valence-corrected chi connectivity index (χ0v) is 8.81. The van der Waals surface area contributed by atoms with Crippen molar-refractivity contribution in [3.05, 3.63) is 29.7 Å². The van der Waals surface area contributed by atoms with Gasteiger partial charge in [0.2, 0.25) is 0 Å². The molecule has 0 bridgehead atoms. The van der Waals surface area contributed by atoms with Crippen LogP contribution < -0.4 is 0 Å². The van der Waals surface area contributed by atoms with Crippen molar-refractivity contribution in [2.75, 3.05) is 0 Å². The van der Waals surface area contributed by atoms with Crippen LogP contribution >= 0.6 is 15.9 Å². The van der Waals surface area contributed by atoms with E-state index in [2.05, 4.69) is 20.9 Å². The van der Waals surface area contributed by atoms with Gasteiger partial charge < -0.3 is 4.42 Å². The van der Waals surface area contributed by atoms with Crippen LogP contribution in [0.25, 0.3) is 11.1 Å². The van der Waals surface area contributed by atoms with Crippen LogP contribution in [0, 0.1) is 6.92 Å². The number of nitrogens with zero attached hydrogens (tertiary/aromatic N) is 1. The van der Waals surface area contributed by atoms with Crippen molar-refractivity contribution in [2.45, 2.75) is 11.8 Å². The molecule has 5 heteroatoms. The van der Waals surface area contributed by atoms with E-state index in [1.807, 2.05) is 0 Å². The van der Waals surface area contributed by atoms with Gasteiger partial charge in [-0.25, -0.2) is 4.98 Å². The van der Waals surface area contributed by atoms with E-state index in [9.17, 15) is 8.78 Å². The highest BCUT2D eigenvalue weighted by Crippen LogP contribution is 2.35. The number of fused-ring (bicyclic) bond motifs is 1. The van der Waals surface area contributed by atoms with Crippen molar-refractivity contribution in [3.8, 4) is 0 Å². The van der Waals surface area contributed by atoms with Gasteiger partial charge in [0.1, 0.15) is 5.52 Å². The van der Waals surface area contributed by atoms with Gasteiger partial charge >= 0.3 is 4.83 Å². The third-order valence-corrected chi connectivity index (χ3v) is 2.20. The second kappa shape index (κ2) is 3.02. The molecule has 1 aromatic heterocycles. The molecule has 0 radical (unpaired) electrons. The fourth-order valence-electron chi connectivity index (χ4n) is 1.21. The summed E-state index contributed by atoms with van der Waals surface area (Å²) < 4.78 is 30.5. The van der Waals surface area contributed by atoms with Gasteiger partial charge in [-0.1, -0.05) is 12.1 Å². The van der Waals surface area contributed by atoms with Gasteiger partial charge in [-0.3, -0.25) is 0 Å². The Bertz CT molecular complexity index is 475. The van der Waals surface area contributed by atoms with Crippen molar-refractivity contribution in [1.29, 1.82) is 0 Å². The number of hydrogen-bond acceptors (Lipinski definition) is 2. The van der Waals surface area contributed by atoms with Crippen molar-refractivity contribution in [1.82, 2.24) is 4.98 Å². The molecular formula is C9H6BrF2NO. The summed E-state index contributed by atoms with van der Waals surface area (Å²) >= 11 is 2.20. The van der Waals surface area contributed by atoms with Gasteiger partial charge in [0.25, 0.3) is 5.89 Å². The zero-order chi connectivity index (χ0) is 10.3. The third kappa shape index (κ3) is 1.52. The molecule has 0 unspecified atom stereocenters. The number of oxazole rings is 1. The number of halogens is 3. The molecule has 74 valence electrons. The van der Waals surface area contributed by atoms with Gasteiger partial charge in [-0.2, -0.15) is 8.78 Å². The average molecular weight is 262 g/mol. The molecular weight excluding hydrogens is 256 g/mol. The largest absolute Gasteiger partial charge is 0.434 e. The summed E-state index contributed by atoms with van der Waals surface area (Å²) in [5.74, 6) is -0.609. The third-order valence-electron chi connectivity index (χ3n) is 1.86. The molecule has 0 fully saturated rings. The Morgan fingerprint density at radius 2 is 2.14 bits per heavy atom. The van der Waals surface area contributed by atoms with Crippen LogP contribution in [0.1, 0.15) is 11.5 Å². The summed E-state index contributed by atoms with van der Waals surface area (Å²) in [6.45, 7) is 1.79. The molecule has 0 aliphatic rings. The number of rotatable bonds is 1. The standard InChI is InChI=1S/C9H6BrF2NO/c1-5-3-2-4-6-7(5)13-8(14-6)9(10,11)12/h2-4H,1H3. The van der Waals surface area contributed by atoms with E-state index in [0.717, 1.165) is 5.56 Å². The SMILES string of the molecule is Cc1cccc2oc(C(F)(F)Br)nc12. The van der Waals surface area contributed by atoms with Gasteiger partial charge in [0, 0.05) is 15.9 Å². The van der Waals surface area contributed by atoms with Crippen LogP contribution in [0.5, 0.6) is 0 Å². The minimum Gasteiger partial charge on any atom is -0.434 e. The fourth-order valence-corrected chi connectivity index (χ4v) is 1.38. The predicted molar refractivity (Wildman–Crippen MR) is 51.6 cm³/mol. The van der Waals surface area contributed by atoms with Crippen molar-refractivity contribution < 1.29 is 13.2 Å². The Kier molecular flexibility index (Phi) is 2.06. The van der Waals surface area contributed by atoms with Crippen molar-refractivity contribution in [2.24, 2.45) is 0 Å². The Morgan fingerprint density at radius 1 is 1.43 bits per heavy atom. The molecule has 0 saturated carbocycles. The Morgan fingerprint density at radius 3 is 2.71 bits per heavy atom. The van der Waals surface area contributed by atoms with Crippen molar-refractivity contribution in [3.63, 3.8) is 0 Å². The molecule has 2 rings (SSSR count). The lowest BCUT2D eigenvalue weighted by Crippen LogP contribution is -2.01. The molecule has 0 aliphatic carbocycles. The molecule has 0 N–H and O–H groups in total. The number of alkyl halides is 3. The molecule has 2 aromatic rings. The monoisotopic (exact) mass is 261 g/mol. The smallest absolute Gasteiger partial charge is 0.375 e. The highest BCUT2D eigenvalue weighted by Gasteiger charge is 2.33. The topological polar surface area (TPSA) is 26.0 Å². The zero-order valence-electron chi connectivity index (χ0n) is 7.22. The Balaban J connectivity index is 2.69. The number of para-hydroxylation sites is 1. The quantitative estimate of drug-likeness (QED) is 0.734. The summed E-state index contributed by atoms with van der Waals surface area (Å²) in [7, 11) is 0. The maximum Gasteiger partial charge on any atom is 0.375 e. The number of aryl methyl sites for hydroxylation is 1. The first-order valence-electron chi connectivity index (χ1n) is 3.92. The van der Waals surface area contributed by atoms with Gasteiger partial charge in [0.15, 0.2) is 5.58 Å². The molecule has 0 saturated heterocycles. The van der Waals surface area contributed by atoms with E-state index in [0.29, 0.717) is 11.1 Å². The molecule has 14 heavy (non-hydrogen) atoms. The number of benzene rings is 1. The molecule has 0 aliphatic heterocycles. The second-order valence-corrected chi connectivity index (χ2v) is 3.93. The van der Waals surface area contributed by atoms with Crippen LogP contribution in [0.3, 0.4) is 0 Å². The maximum absolute atomic E-state index is 12.8. The fraction of sp³-hybridized carbons (Fsp3) is 0.222. The summed E-state index contributed by atoms with van der Waals surface area (Å²) in [4.78, 5) is 0.510. The number of hydrogen-bond donors (Lipinski definition) is 0. The van der Waals surface area contributed by atoms with Gasteiger partial charge in [-0.05, 0) is 18.6 Å². The van der Waals surface area contributed by atoms with Crippen LogP contribution in [-0.2, 0) is 4.83 Å². The minimum absolute atomic E-state index is 0.374. The van der Waals surface area contributed by atoms with E-state index < -0.39 is 10.7 Å². The van der Waals surface area contributed by atoms with Crippen LogP contribution in [0.4, 0.5) is 8.78 Å². The van der Waals surface area contributed by atoms with Gasteiger partial charge in [-0.15, -0.1) is 0 Å². The molecule has 0 spiro atoms. The summed E-state index contributed by atoms with van der Waals surface area (Å²) in [5, 5.41) is 0. The van der Waals surface area contributed by atoms with E-state index in [1.54, 1.807) is 25.1 Å². The molecule has 1 aromatic carbocycles. The van der Waals surface area contributed by atoms with Crippen LogP contribution in [0.15, 0.2) is 22.6 Å². The first-order valence-corrected chi connectivity index (χ1v) is 4.71. The Labute approximate surface area is 87.1 Å². The minimum atomic E-state index is -3.21. The van der Waals surface area contributed by atoms with Crippen molar-refractivity contribution >= 4 is 27.0 Å². The molecule has 0 amide bonds. The lowest BCUT2D eigenvalue weighted by molar-refractivity contribution is 0.0824. The molecule has 1 heterocycles. The Hall–Kier alpha value is -0.970.